The molecule has 130 valence electrons. The summed E-state index contributed by atoms with van der Waals surface area (Å²) in [6, 6.07) is 11.3. The van der Waals surface area contributed by atoms with E-state index < -0.39 is 11.0 Å². The van der Waals surface area contributed by atoms with Gasteiger partial charge in [-0.2, -0.15) is 0 Å². The zero-order chi connectivity index (χ0) is 18.1. The van der Waals surface area contributed by atoms with Gasteiger partial charge in [0, 0.05) is 30.6 Å². The Balaban J connectivity index is 1.75. The summed E-state index contributed by atoms with van der Waals surface area (Å²) in [5.74, 6) is 0.491. The highest BCUT2D eigenvalue weighted by Crippen LogP contribution is 2.33. The minimum absolute atomic E-state index is 0.00404. The maximum absolute atomic E-state index is 12.8. The third kappa shape index (κ3) is 3.44. The molecule has 0 bridgehead atoms. The molecule has 0 N–H and O–H groups in total. The molecule has 1 aliphatic heterocycles. The molecule has 2 aromatic carbocycles. The number of non-ortho nitro benzene ring substituents is 1. The molecule has 0 unspecified atom stereocenters. The quantitative estimate of drug-likeness (QED) is 0.614. The van der Waals surface area contributed by atoms with Crippen molar-refractivity contribution in [2.75, 3.05) is 7.05 Å². The summed E-state index contributed by atoms with van der Waals surface area (Å²) in [5.41, 5.74) is 1.61. The van der Waals surface area contributed by atoms with E-state index in [0.29, 0.717) is 22.8 Å². The second-order valence-electron chi connectivity index (χ2n) is 6.04. The molecular weight excluding hydrogens is 344 g/mol. The van der Waals surface area contributed by atoms with E-state index in [2.05, 4.69) is 0 Å². The number of hydrogen-bond acceptors (Lipinski definition) is 4. The molecule has 25 heavy (non-hydrogen) atoms. The molecule has 0 fully saturated rings. The fourth-order valence-corrected chi connectivity index (χ4v) is 3.09. The Bertz CT molecular complexity index is 840. The van der Waals surface area contributed by atoms with Gasteiger partial charge in [0.15, 0.2) is 6.10 Å². The topological polar surface area (TPSA) is 72.7 Å². The van der Waals surface area contributed by atoms with E-state index >= 15 is 0 Å². The SMILES string of the molecule is C[C@@H](c1cccc([N+](=O)[O-])c1)N(C)C(=O)[C@@H]1Cc2cc(Cl)ccc2O1. The second-order valence-corrected chi connectivity index (χ2v) is 6.48. The lowest BCUT2D eigenvalue weighted by Gasteiger charge is -2.27. The summed E-state index contributed by atoms with van der Waals surface area (Å²) in [6.07, 6.45) is -0.152. The number of hydrogen-bond donors (Lipinski definition) is 0. The van der Waals surface area contributed by atoms with Gasteiger partial charge >= 0.3 is 0 Å². The molecule has 1 heterocycles. The van der Waals surface area contributed by atoms with Crippen molar-refractivity contribution in [1.29, 1.82) is 0 Å². The number of ether oxygens (including phenoxy) is 1. The van der Waals surface area contributed by atoms with E-state index in [1.165, 1.54) is 12.1 Å². The van der Waals surface area contributed by atoms with Gasteiger partial charge in [0.05, 0.1) is 11.0 Å². The molecule has 0 saturated heterocycles. The highest BCUT2D eigenvalue weighted by Gasteiger charge is 2.33. The first-order valence-electron chi connectivity index (χ1n) is 7.83. The van der Waals surface area contributed by atoms with Crippen LogP contribution in [0.4, 0.5) is 5.69 Å². The molecule has 7 heteroatoms. The first-order valence-corrected chi connectivity index (χ1v) is 8.20. The van der Waals surface area contributed by atoms with Crippen molar-refractivity contribution < 1.29 is 14.5 Å². The van der Waals surface area contributed by atoms with Crippen LogP contribution in [0.1, 0.15) is 24.1 Å². The van der Waals surface area contributed by atoms with Crippen molar-refractivity contribution in [3.05, 3.63) is 68.7 Å². The van der Waals surface area contributed by atoms with Crippen LogP contribution in [0, 0.1) is 10.1 Å². The number of benzene rings is 2. The number of halogens is 1. The average molecular weight is 361 g/mol. The van der Waals surface area contributed by atoms with Crippen molar-refractivity contribution in [3.8, 4) is 5.75 Å². The number of nitro benzene ring substituents is 1. The molecule has 0 saturated carbocycles. The van der Waals surface area contributed by atoms with E-state index in [1.807, 2.05) is 6.92 Å². The number of nitro groups is 1. The van der Waals surface area contributed by atoms with Gasteiger partial charge < -0.3 is 9.64 Å². The van der Waals surface area contributed by atoms with Gasteiger partial charge in [-0.1, -0.05) is 23.7 Å². The monoisotopic (exact) mass is 360 g/mol. The Morgan fingerprint density at radius 1 is 1.36 bits per heavy atom. The van der Waals surface area contributed by atoms with Crippen molar-refractivity contribution in [2.45, 2.75) is 25.5 Å². The fourth-order valence-electron chi connectivity index (χ4n) is 2.89. The third-order valence-corrected chi connectivity index (χ3v) is 4.70. The molecule has 1 amide bonds. The molecule has 2 atom stereocenters. The Kier molecular flexibility index (Phi) is 4.63. The third-order valence-electron chi connectivity index (χ3n) is 4.46. The number of amides is 1. The maximum atomic E-state index is 12.8. The van der Waals surface area contributed by atoms with E-state index in [9.17, 15) is 14.9 Å². The van der Waals surface area contributed by atoms with Crippen molar-refractivity contribution in [3.63, 3.8) is 0 Å². The highest BCUT2D eigenvalue weighted by molar-refractivity contribution is 6.30. The minimum Gasteiger partial charge on any atom is -0.480 e. The van der Waals surface area contributed by atoms with Crippen LogP contribution in [0.2, 0.25) is 5.02 Å². The Hall–Kier alpha value is -2.60. The lowest BCUT2D eigenvalue weighted by molar-refractivity contribution is -0.384. The minimum atomic E-state index is -0.611. The summed E-state index contributed by atoms with van der Waals surface area (Å²) in [4.78, 5) is 24.8. The molecule has 0 spiro atoms. The van der Waals surface area contributed by atoms with Crippen molar-refractivity contribution in [1.82, 2.24) is 4.90 Å². The Labute approximate surface area is 150 Å². The lowest BCUT2D eigenvalue weighted by atomic mass is 10.0. The largest absolute Gasteiger partial charge is 0.480 e. The van der Waals surface area contributed by atoms with Crippen LogP contribution in [0.15, 0.2) is 42.5 Å². The van der Waals surface area contributed by atoms with Crippen LogP contribution in [0.5, 0.6) is 5.75 Å². The van der Waals surface area contributed by atoms with Gasteiger partial charge in [-0.05, 0) is 36.2 Å². The molecule has 0 aliphatic carbocycles. The first-order chi connectivity index (χ1) is 11.9. The molecule has 1 aliphatic rings. The van der Waals surface area contributed by atoms with Crippen LogP contribution in [-0.2, 0) is 11.2 Å². The summed E-state index contributed by atoms with van der Waals surface area (Å²) >= 11 is 5.98. The summed E-state index contributed by atoms with van der Waals surface area (Å²) < 4.78 is 5.73. The number of carbonyl (C=O) groups excluding carboxylic acids is 1. The van der Waals surface area contributed by atoms with Gasteiger partial charge in [-0.3, -0.25) is 14.9 Å². The number of nitrogens with zero attached hydrogens (tertiary/aromatic N) is 2. The van der Waals surface area contributed by atoms with Crippen LogP contribution in [-0.4, -0.2) is 28.9 Å². The summed E-state index contributed by atoms with van der Waals surface area (Å²) in [7, 11) is 1.67. The molecule has 0 aromatic heterocycles. The standard InChI is InChI=1S/C18H17ClN2O4/c1-11(12-4-3-5-15(9-12)21(23)24)20(2)18(22)17-10-13-8-14(19)6-7-16(13)25-17/h3-9,11,17H,10H2,1-2H3/t11-,17-/m0/s1. The van der Waals surface area contributed by atoms with Crippen molar-refractivity contribution >= 4 is 23.2 Å². The van der Waals surface area contributed by atoms with Crippen LogP contribution < -0.4 is 4.74 Å². The van der Waals surface area contributed by atoms with Gasteiger partial charge in [0.1, 0.15) is 5.75 Å². The van der Waals surface area contributed by atoms with E-state index in [1.54, 1.807) is 42.3 Å². The smallest absolute Gasteiger partial charge is 0.269 e. The van der Waals surface area contributed by atoms with Crippen LogP contribution >= 0.6 is 11.6 Å². The first kappa shape index (κ1) is 17.2. The van der Waals surface area contributed by atoms with Crippen LogP contribution in [0.25, 0.3) is 0 Å². The van der Waals surface area contributed by atoms with Crippen molar-refractivity contribution in [2.24, 2.45) is 0 Å². The van der Waals surface area contributed by atoms with E-state index in [4.69, 9.17) is 16.3 Å². The fraction of sp³-hybridized carbons (Fsp3) is 0.278. The Morgan fingerprint density at radius 2 is 2.12 bits per heavy atom. The molecule has 2 aromatic rings. The number of carbonyl (C=O) groups is 1. The highest BCUT2D eigenvalue weighted by atomic mass is 35.5. The number of fused-ring (bicyclic) bond motifs is 1. The molecule has 3 rings (SSSR count). The Morgan fingerprint density at radius 3 is 2.84 bits per heavy atom. The lowest BCUT2D eigenvalue weighted by Crippen LogP contribution is -2.40. The summed E-state index contributed by atoms with van der Waals surface area (Å²) in [6.45, 7) is 1.83. The van der Waals surface area contributed by atoms with E-state index in [-0.39, 0.29) is 17.6 Å². The van der Waals surface area contributed by atoms with Gasteiger partial charge in [0.25, 0.3) is 11.6 Å². The average Bonchev–Trinajstić information content (AvgIpc) is 3.02. The predicted molar refractivity (Wildman–Crippen MR) is 93.9 cm³/mol. The predicted octanol–water partition coefficient (Wildman–Crippen LogP) is 3.77. The van der Waals surface area contributed by atoms with E-state index in [0.717, 1.165) is 5.56 Å². The number of rotatable bonds is 4. The van der Waals surface area contributed by atoms with Gasteiger partial charge in [0.2, 0.25) is 0 Å². The summed E-state index contributed by atoms with van der Waals surface area (Å²) in [5, 5.41) is 11.5. The zero-order valence-corrected chi connectivity index (χ0v) is 14.6. The maximum Gasteiger partial charge on any atom is 0.269 e. The van der Waals surface area contributed by atoms with Crippen LogP contribution in [0.3, 0.4) is 0 Å². The van der Waals surface area contributed by atoms with Gasteiger partial charge in [-0.15, -0.1) is 0 Å². The normalized spacial score (nSPS) is 16.7. The van der Waals surface area contributed by atoms with Gasteiger partial charge in [-0.25, -0.2) is 0 Å². The molecule has 6 nitrogen and oxygen atoms in total. The molecular formula is C18H17ClN2O4. The number of likely N-dealkylation sites (N-methyl/N-ethyl adjacent to an activating group) is 1. The zero-order valence-electron chi connectivity index (χ0n) is 13.8. The molecule has 0 radical (unpaired) electrons. The second kappa shape index (κ2) is 6.72.